The van der Waals surface area contributed by atoms with E-state index >= 15 is 0 Å². The molecular weight excluding hydrogens is 389 g/mol. The van der Waals surface area contributed by atoms with Crippen LogP contribution < -0.4 is 10.6 Å². The lowest BCUT2D eigenvalue weighted by atomic mass is 10.0. The fraction of sp³-hybridized carbons (Fsp3) is 0.476. The molecule has 0 bridgehead atoms. The molecule has 0 radical (unpaired) electrons. The van der Waals surface area contributed by atoms with Crippen LogP contribution in [0.25, 0.3) is 5.69 Å². The average molecular weight is 417 g/mol. The number of amides is 2. The molecule has 162 valence electrons. The predicted octanol–water partition coefficient (Wildman–Crippen LogP) is 2.83. The third-order valence-corrected chi connectivity index (χ3v) is 4.78. The van der Waals surface area contributed by atoms with Crippen molar-refractivity contribution < 1.29 is 18.7 Å². The van der Waals surface area contributed by atoms with Gasteiger partial charge in [-0.3, -0.25) is 4.79 Å². The first-order valence-corrected chi connectivity index (χ1v) is 9.90. The summed E-state index contributed by atoms with van der Waals surface area (Å²) in [5.41, 5.74) is 5.97. The number of halogens is 1. The van der Waals surface area contributed by atoms with Crippen LogP contribution in [0, 0.1) is 5.82 Å². The number of ether oxygens (including phenoxy) is 1. The van der Waals surface area contributed by atoms with E-state index in [1.54, 1.807) is 56.9 Å². The first-order chi connectivity index (χ1) is 14.1. The maximum absolute atomic E-state index is 14.9. The number of carbonyl (C=O) groups is 2. The van der Waals surface area contributed by atoms with Crippen molar-refractivity contribution >= 4 is 17.7 Å². The highest BCUT2D eigenvalue weighted by Gasteiger charge is 2.28. The summed E-state index contributed by atoms with van der Waals surface area (Å²) < 4.78 is 21.9. The lowest BCUT2D eigenvalue weighted by Gasteiger charge is -2.30. The molecule has 2 aromatic rings. The van der Waals surface area contributed by atoms with Gasteiger partial charge in [0.2, 0.25) is 5.91 Å². The number of carbonyl (C=O) groups excluding carboxylic acids is 2. The van der Waals surface area contributed by atoms with Crippen molar-refractivity contribution in [2.45, 2.75) is 51.8 Å². The largest absolute Gasteiger partial charge is 0.444 e. The number of nitrogens with zero attached hydrogens (tertiary/aromatic N) is 4. The Morgan fingerprint density at radius 1 is 1.40 bits per heavy atom. The molecule has 1 fully saturated rings. The smallest absolute Gasteiger partial charge is 0.410 e. The van der Waals surface area contributed by atoms with Crippen molar-refractivity contribution in [2.24, 2.45) is 5.73 Å². The summed E-state index contributed by atoms with van der Waals surface area (Å²) in [7, 11) is 1.61. The van der Waals surface area contributed by atoms with Gasteiger partial charge in [0.05, 0.1) is 18.3 Å². The van der Waals surface area contributed by atoms with E-state index in [1.165, 1.54) is 15.9 Å². The highest BCUT2D eigenvalue weighted by Crippen LogP contribution is 2.26. The minimum atomic E-state index is -0.603. The van der Waals surface area contributed by atoms with E-state index in [0.717, 1.165) is 6.42 Å². The molecular formula is C21H28FN5O3. The third-order valence-electron chi connectivity index (χ3n) is 4.78. The topological polar surface area (TPSA) is 93.7 Å². The molecule has 30 heavy (non-hydrogen) atoms. The average Bonchev–Trinajstić information content (AvgIpc) is 3.11. The molecule has 0 saturated carbocycles. The van der Waals surface area contributed by atoms with E-state index in [1.807, 2.05) is 0 Å². The Morgan fingerprint density at radius 3 is 2.80 bits per heavy atom. The van der Waals surface area contributed by atoms with Gasteiger partial charge in [0.15, 0.2) is 0 Å². The van der Waals surface area contributed by atoms with Crippen LogP contribution in [0.15, 0.2) is 30.6 Å². The molecule has 1 unspecified atom stereocenters. The number of piperidine rings is 1. The highest BCUT2D eigenvalue weighted by molar-refractivity contribution is 5.97. The number of rotatable bonds is 4. The maximum Gasteiger partial charge on any atom is 0.410 e. The zero-order chi connectivity index (χ0) is 22.1. The summed E-state index contributed by atoms with van der Waals surface area (Å²) in [6.45, 7) is 6.02. The molecule has 1 saturated heterocycles. The Kier molecular flexibility index (Phi) is 6.12. The van der Waals surface area contributed by atoms with Crippen molar-refractivity contribution in [3.63, 3.8) is 0 Å². The molecule has 2 N–H and O–H groups in total. The number of benzene rings is 1. The van der Waals surface area contributed by atoms with Crippen LogP contribution in [-0.2, 0) is 16.1 Å². The molecule has 0 spiro atoms. The standard InChI is InChI=1S/C21H28FN5O3/c1-21(2,3)30-20(29)25(4)13-18-24-9-11-26(18)14-7-8-17(15(22)12-14)27-10-5-6-16(23)19(27)28/h7-9,11-12,16H,5-6,10,13,23H2,1-4H3. The maximum atomic E-state index is 14.9. The van der Waals surface area contributed by atoms with Gasteiger partial charge in [-0.25, -0.2) is 14.2 Å². The number of imidazole rings is 1. The molecule has 2 heterocycles. The van der Waals surface area contributed by atoms with E-state index in [9.17, 15) is 14.0 Å². The van der Waals surface area contributed by atoms with Crippen molar-refractivity contribution in [3.8, 4) is 5.69 Å². The monoisotopic (exact) mass is 417 g/mol. The first kappa shape index (κ1) is 21.8. The van der Waals surface area contributed by atoms with Gasteiger partial charge >= 0.3 is 6.09 Å². The van der Waals surface area contributed by atoms with Crippen molar-refractivity contribution in [1.29, 1.82) is 0 Å². The summed E-state index contributed by atoms with van der Waals surface area (Å²) in [6.07, 6.45) is 4.14. The Balaban J connectivity index is 1.80. The van der Waals surface area contributed by atoms with Crippen molar-refractivity contribution in [2.75, 3.05) is 18.5 Å². The molecule has 1 atom stereocenters. The lowest BCUT2D eigenvalue weighted by Crippen LogP contribution is -2.48. The summed E-state index contributed by atoms with van der Waals surface area (Å²) in [4.78, 5) is 31.6. The van der Waals surface area contributed by atoms with Gasteiger partial charge in [0, 0.05) is 37.7 Å². The molecule has 8 nitrogen and oxygen atoms in total. The molecule has 2 amide bonds. The van der Waals surface area contributed by atoms with Gasteiger partial charge in [-0.2, -0.15) is 0 Å². The van der Waals surface area contributed by atoms with Crippen LogP contribution in [0.2, 0.25) is 0 Å². The minimum absolute atomic E-state index is 0.185. The van der Waals surface area contributed by atoms with Crippen LogP contribution in [0.1, 0.15) is 39.4 Å². The van der Waals surface area contributed by atoms with E-state index < -0.39 is 23.6 Å². The van der Waals surface area contributed by atoms with E-state index in [4.69, 9.17) is 10.5 Å². The zero-order valence-electron chi connectivity index (χ0n) is 17.8. The molecule has 1 aliphatic rings. The first-order valence-electron chi connectivity index (χ1n) is 9.90. The summed E-state index contributed by atoms with van der Waals surface area (Å²) in [5, 5.41) is 0. The lowest BCUT2D eigenvalue weighted by molar-refractivity contribution is -0.120. The number of aromatic nitrogens is 2. The second kappa shape index (κ2) is 8.43. The number of hydrogen-bond acceptors (Lipinski definition) is 5. The van der Waals surface area contributed by atoms with E-state index in [0.29, 0.717) is 24.5 Å². The molecule has 9 heteroatoms. The normalized spacial score (nSPS) is 17.2. The van der Waals surface area contributed by atoms with E-state index in [2.05, 4.69) is 4.98 Å². The Hall–Kier alpha value is -2.94. The number of anilines is 1. The summed E-state index contributed by atoms with van der Waals surface area (Å²) in [5.74, 6) is -0.239. The van der Waals surface area contributed by atoms with Crippen LogP contribution in [-0.4, -0.2) is 51.7 Å². The summed E-state index contributed by atoms with van der Waals surface area (Å²) >= 11 is 0. The third kappa shape index (κ3) is 4.79. The Labute approximate surface area is 175 Å². The quantitative estimate of drug-likeness (QED) is 0.826. The van der Waals surface area contributed by atoms with E-state index in [-0.39, 0.29) is 18.1 Å². The molecule has 3 rings (SSSR count). The van der Waals surface area contributed by atoms with Gasteiger partial charge in [-0.15, -0.1) is 0 Å². The Morgan fingerprint density at radius 2 is 2.13 bits per heavy atom. The van der Waals surface area contributed by atoms with Crippen LogP contribution in [0.4, 0.5) is 14.9 Å². The Bertz CT molecular complexity index is 937. The second-order valence-electron chi connectivity index (χ2n) is 8.42. The van der Waals surface area contributed by atoms with Crippen molar-refractivity contribution in [1.82, 2.24) is 14.5 Å². The number of nitrogens with two attached hydrogens (primary N) is 1. The van der Waals surface area contributed by atoms with Crippen molar-refractivity contribution in [3.05, 3.63) is 42.2 Å². The molecule has 1 aromatic carbocycles. The predicted molar refractivity (Wildman–Crippen MR) is 111 cm³/mol. The molecule has 1 aromatic heterocycles. The zero-order valence-corrected chi connectivity index (χ0v) is 17.8. The van der Waals surface area contributed by atoms with Gasteiger partial charge in [0.1, 0.15) is 17.2 Å². The second-order valence-corrected chi connectivity index (χ2v) is 8.42. The van der Waals surface area contributed by atoms with Gasteiger partial charge < -0.3 is 24.8 Å². The SMILES string of the molecule is CN(Cc1nccn1-c1ccc(N2CCCC(N)C2=O)c(F)c1)C(=O)OC(C)(C)C. The highest BCUT2D eigenvalue weighted by atomic mass is 19.1. The van der Waals surface area contributed by atoms with Crippen LogP contribution in [0.5, 0.6) is 0 Å². The molecule has 0 aliphatic carbocycles. The number of hydrogen-bond donors (Lipinski definition) is 1. The fourth-order valence-electron chi connectivity index (χ4n) is 3.31. The van der Waals surface area contributed by atoms with Crippen LogP contribution in [0.3, 0.4) is 0 Å². The van der Waals surface area contributed by atoms with Crippen LogP contribution >= 0.6 is 0 Å². The van der Waals surface area contributed by atoms with Gasteiger partial charge in [-0.1, -0.05) is 0 Å². The fourth-order valence-corrected chi connectivity index (χ4v) is 3.31. The molecule has 1 aliphatic heterocycles. The van der Waals surface area contributed by atoms with Gasteiger partial charge in [0.25, 0.3) is 0 Å². The minimum Gasteiger partial charge on any atom is -0.444 e. The van der Waals surface area contributed by atoms with Gasteiger partial charge in [-0.05, 0) is 45.7 Å². The summed E-state index contributed by atoms with van der Waals surface area (Å²) in [6, 6.07) is 4.04.